The minimum Gasteiger partial charge on any atom is -0.322 e. The highest BCUT2D eigenvalue weighted by atomic mass is 32.1. The Morgan fingerprint density at radius 1 is 1.33 bits per heavy atom. The van der Waals surface area contributed by atoms with Crippen molar-refractivity contribution in [2.75, 3.05) is 5.32 Å². The minimum absolute atomic E-state index is 0.0377. The number of hydrogen-bond acceptors (Lipinski definition) is 2. The molecule has 110 valence electrons. The molecular formula is C18H21NOS. The van der Waals surface area contributed by atoms with Crippen LogP contribution in [-0.2, 0) is 12.8 Å². The van der Waals surface area contributed by atoms with E-state index in [0.29, 0.717) is 0 Å². The van der Waals surface area contributed by atoms with E-state index in [1.165, 1.54) is 16.9 Å². The van der Waals surface area contributed by atoms with Gasteiger partial charge in [0.1, 0.15) is 0 Å². The van der Waals surface area contributed by atoms with Crippen LogP contribution in [0.5, 0.6) is 0 Å². The molecular weight excluding hydrogens is 278 g/mol. The van der Waals surface area contributed by atoms with Crippen molar-refractivity contribution in [3.05, 3.63) is 50.7 Å². The first-order valence-corrected chi connectivity index (χ1v) is 8.40. The number of hydrogen-bond donors (Lipinski definition) is 1. The van der Waals surface area contributed by atoms with Gasteiger partial charge in [0.2, 0.25) is 0 Å². The highest BCUT2D eigenvalue weighted by Crippen LogP contribution is 2.33. The van der Waals surface area contributed by atoms with Crippen molar-refractivity contribution in [3.63, 3.8) is 0 Å². The van der Waals surface area contributed by atoms with Crippen molar-refractivity contribution in [1.29, 1.82) is 0 Å². The van der Waals surface area contributed by atoms with Gasteiger partial charge in [-0.1, -0.05) is 19.1 Å². The fraction of sp³-hybridized carbons (Fsp3) is 0.389. The second-order valence-electron chi connectivity index (χ2n) is 6.17. The molecule has 0 fully saturated rings. The van der Waals surface area contributed by atoms with Crippen LogP contribution in [0.25, 0.3) is 0 Å². The quantitative estimate of drug-likeness (QED) is 0.852. The zero-order chi connectivity index (χ0) is 15.0. The number of thiophene rings is 1. The highest BCUT2D eigenvalue weighted by molar-refractivity contribution is 7.10. The number of aryl methyl sites for hydroxylation is 2. The summed E-state index contributed by atoms with van der Waals surface area (Å²) in [6.45, 7) is 6.36. The van der Waals surface area contributed by atoms with Gasteiger partial charge in [-0.15, -0.1) is 11.3 Å². The predicted octanol–water partition coefficient (Wildman–Crippen LogP) is 4.74. The smallest absolute Gasteiger partial charge is 0.256 e. The van der Waals surface area contributed by atoms with E-state index in [2.05, 4.69) is 24.4 Å². The lowest BCUT2D eigenvalue weighted by atomic mass is 9.88. The average Bonchev–Trinajstić information content (AvgIpc) is 2.85. The molecule has 1 atom stereocenters. The van der Waals surface area contributed by atoms with E-state index in [-0.39, 0.29) is 5.91 Å². The van der Waals surface area contributed by atoms with Crippen LogP contribution in [0.3, 0.4) is 0 Å². The Hall–Kier alpha value is -1.61. The largest absolute Gasteiger partial charge is 0.322 e. The summed E-state index contributed by atoms with van der Waals surface area (Å²) in [5, 5.41) is 5.11. The highest BCUT2D eigenvalue weighted by Gasteiger charge is 2.23. The SMILES string of the molecule is Cc1ccc(C)c(NC(=O)c2csc3c2CCC(C)C3)c1. The normalized spacial score (nSPS) is 17.4. The van der Waals surface area contributed by atoms with Gasteiger partial charge in [-0.3, -0.25) is 4.79 Å². The van der Waals surface area contributed by atoms with Gasteiger partial charge in [0.05, 0.1) is 5.56 Å². The Morgan fingerprint density at radius 3 is 2.95 bits per heavy atom. The van der Waals surface area contributed by atoms with Crippen molar-refractivity contribution in [2.45, 2.75) is 40.0 Å². The third-order valence-electron chi connectivity index (χ3n) is 4.29. The molecule has 3 heteroatoms. The number of anilines is 1. The van der Waals surface area contributed by atoms with Crippen LogP contribution in [0.2, 0.25) is 0 Å². The minimum atomic E-state index is 0.0377. The summed E-state index contributed by atoms with van der Waals surface area (Å²) in [4.78, 5) is 14.0. The number of carbonyl (C=O) groups is 1. The number of rotatable bonds is 2. The van der Waals surface area contributed by atoms with Gasteiger partial charge < -0.3 is 5.32 Å². The van der Waals surface area contributed by atoms with Crippen molar-refractivity contribution >= 4 is 22.9 Å². The van der Waals surface area contributed by atoms with E-state index in [1.807, 2.05) is 25.3 Å². The fourth-order valence-corrected chi connectivity index (χ4v) is 4.17. The van der Waals surface area contributed by atoms with Crippen molar-refractivity contribution in [1.82, 2.24) is 0 Å². The molecule has 1 aliphatic carbocycles. The third-order valence-corrected chi connectivity index (χ3v) is 5.34. The van der Waals surface area contributed by atoms with Gasteiger partial charge in [-0.2, -0.15) is 0 Å². The molecule has 3 rings (SSSR count). The molecule has 2 nitrogen and oxygen atoms in total. The number of fused-ring (bicyclic) bond motifs is 1. The van der Waals surface area contributed by atoms with Gasteiger partial charge in [0, 0.05) is 15.9 Å². The number of amides is 1. The second kappa shape index (κ2) is 5.64. The Morgan fingerprint density at radius 2 is 2.14 bits per heavy atom. The third kappa shape index (κ3) is 2.88. The number of carbonyl (C=O) groups excluding carboxylic acids is 1. The molecule has 1 heterocycles. The molecule has 2 aromatic rings. The summed E-state index contributed by atoms with van der Waals surface area (Å²) in [6, 6.07) is 6.16. The molecule has 1 aliphatic rings. The lowest BCUT2D eigenvalue weighted by molar-refractivity contribution is 0.102. The van der Waals surface area contributed by atoms with E-state index in [9.17, 15) is 4.79 Å². The summed E-state index contributed by atoms with van der Waals surface area (Å²) in [5.74, 6) is 0.779. The Kier molecular flexibility index (Phi) is 3.85. The van der Waals surface area contributed by atoms with Crippen molar-refractivity contribution < 1.29 is 4.79 Å². The maximum atomic E-state index is 12.6. The Bertz CT molecular complexity index is 687. The number of benzene rings is 1. The molecule has 1 aromatic carbocycles. The molecule has 0 bridgehead atoms. The maximum absolute atomic E-state index is 12.6. The molecule has 1 N–H and O–H groups in total. The lowest BCUT2D eigenvalue weighted by Gasteiger charge is -2.19. The standard InChI is InChI=1S/C18H21NOS/c1-11-4-6-13(3)16(8-11)19-18(20)15-10-21-17-9-12(2)5-7-14(15)17/h4,6,8,10,12H,5,7,9H2,1-3H3,(H,19,20). The van der Waals surface area contributed by atoms with Gasteiger partial charge in [0.25, 0.3) is 5.91 Å². The first kappa shape index (κ1) is 14.3. The molecule has 0 aliphatic heterocycles. The molecule has 0 saturated heterocycles. The first-order chi connectivity index (χ1) is 10.0. The summed E-state index contributed by atoms with van der Waals surface area (Å²) < 4.78 is 0. The van der Waals surface area contributed by atoms with E-state index >= 15 is 0 Å². The summed E-state index contributed by atoms with van der Waals surface area (Å²) in [7, 11) is 0. The molecule has 1 amide bonds. The summed E-state index contributed by atoms with van der Waals surface area (Å²) >= 11 is 1.74. The Balaban J connectivity index is 1.85. The van der Waals surface area contributed by atoms with Gasteiger partial charge >= 0.3 is 0 Å². The summed E-state index contributed by atoms with van der Waals surface area (Å²) in [5.41, 5.74) is 5.34. The van der Waals surface area contributed by atoms with Crippen LogP contribution in [0.1, 0.15) is 45.3 Å². The van der Waals surface area contributed by atoms with Crippen LogP contribution in [0.15, 0.2) is 23.6 Å². The molecule has 0 radical (unpaired) electrons. The van der Waals surface area contributed by atoms with Crippen LogP contribution in [0, 0.1) is 19.8 Å². The molecule has 1 unspecified atom stereocenters. The van der Waals surface area contributed by atoms with Crippen LogP contribution in [0.4, 0.5) is 5.69 Å². The van der Waals surface area contributed by atoms with Gasteiger partial charge in [0.15, 0.2) is 0 Å². The van der Waals surface area contributed by atoms with Crippen molar-refractivity contribution in [2.24, 2.45) is 5.92 Å². The molecule has 0 spiro atoms. The van der Waals surface area contributed by atoms with Crippen LogP contribution < -0.4 is 5.32 Å². The monoisotopic (exact) mass is 299 g/mol. The van der Waals surface area contributed by atoms with E-state index < -0.39 is 0 Å². The zero-order valence-electron chi connectivity index (χ0n) is 12.8. The zero-order valence-corrected chi connectivity index (χ0v) is 13.6. The van der Waals surface area contributed by atoms with Crippen LogP contribution >= 0.6 is 11.3 Å². The molecule has 1 aromatic heterocycles. The predicted molar refractivity (Wildman–Crippen MR) is 89.4 cm³/mol. The maximum Gasteiger partial charge on any atom is 0.256 e. The van der Waals surface area contributed by atoms with Gasteiger partial charge in [-0.05, 0) is 61.8 Å². The fourth-order valence-electron chi connectivity index (χ4n) is 2.93. The lowest BCUT2D eigenvalue weighted by Crippen LogP contribution is -2.17. The molecule has 0 saturated carbocycles. The van der Waals surface area contributed by atoms with E-state index in [4.69, 9.17) is 0 Å². The topological polar surface area (TPSA) is 29.1 Å². The number of nitrogens with one attached hydrogen (secondary N) is 1. The first-order valence-electron chi connectivity index (χ1n) is 7.52. The average molecular weight is 299 g/mol. The van der Waals surface area contributed by atoms with E-state index in [0.717, 1.165) is 41.1 Å². The molecule has 21 heavy (non-hydrogen) atoms. The van der Waals surface area contributed by atoms with Gasteiger partial charge in [-0.25, -0.2) is 0 Å². The van der Waals surface area contributed by atoms with Crippen molar-refractivity contribution in [3.8, 4) is 0 Å². The Labute approximate surface area is 130 Å². The van der Waals surface area contributed by atoms with E-state index in [1.54, 1.807) is 11.3 Å². The summed E-state index contributed by atoms with van der Waals surface area (Å²) in [6.07, 6.45) is 3.35. The van der Waals surface area contributed by atoms with Crippen LogP contribution in [-0.4, -0.2) is 5.91 Å². The second-order valence-corrected chi connectivity index (χ2v) is 7.14.